The number of rotatable bonds is 8. The van der Waals surface area contributed by atoms with Gasteiger partial charge >= 0.3 is 0 Å². The number of carbonyl (C=O) groups is 1. The van der Waals surface area contributed by atoms with Crippen LogP contribution in [0.1, 0.15) is 55.7 Å². The van der Waals surface area contributed by atoms with Crippen LogP contribution in [0.3, 0.4) is 0 Å². The van der Waals surface area contributed by atoms with E-state index in [0.29, 0.717) is 48.5 Å². The molecule has 1 atom stereocenters. The van der Waals surface area contributed by atoms with Gasteiger partial charge in [-0.3, -0.25) is 4.79 Å². The molecular weight excluding hydrogens is 418 g/mol. The van der Waals surface area contributed by atoms with E-state index in [9.17, 15) is 4.79 Å². The van der Waals surface area contributed by atoms with Crippen LogP contribution in [0.5, 0.6) is 23.0 Å². The van der Waals surface area contributed by atoms with Gasteiger partial charge in [0.1, 0.15) is 6.61 Å². The molecule has 6 heteroatoms. The molecule has 1 aliphatic carbocycles. The summed E-state index contributed by atoms with van der Waals surface area (Å²) < 4.78 is 22.8. The van der Waals surface area contributed by atoms with Gasteiger partial charge in [0, 0.05) is 13.0 Å². The molecule has 0 bridgehead atoms. The molecule has 0 saturated heterocycles. The third-order valence-electron chi connectivity index (χ3n) is 6.98. The van der Waals surface area contributed by atoms with Gasteiger partial charge in [-0.2, -0.15) is 0 Å². The van der Waals surface area contributed by atoms with E-state index in [1.807, 2.05) is 41.3 Å². The highest BCUT2D eigenvalue weighted by atomic mass is 16.5. The van der Waals surface area contributed by atoms with E-state index < -0.39 is 0 Å². The first-order chi connectivity index (χ1) is 16.1. The summed E-state index contributed by atoms with van der Waals surface area (Å²) in [6, 6.07) is 11.5. The standard InChI is InChI=1S/C27H35NO5/c1-30-23-11-7-8-12-24(23)33-18-22-21-17-26(32-3)25(31-2)16-20(21)13-14-28(22)27(29)15-19-9-5-4-6-10-19/h7-8,11-12,16-17,19,22H,4-6,9-10,13-15,18H2,1-3H3/t22-/m0/s1. The Morgan fingerprint density at radius 1 is 0.909 bits per heavy atom. The summed E-state index contributed by atoms with van der Waals surface area (Å²) in [5.41, 5.74) is 2.23. The van der Waals surface area contributed by atoms with Crippen molar-refractivity contribution in [1.82, 2.24) is 4.90 Å². The van der Waals surface area contributed by atoms with Gasteiger partial charge in [-0.15, -0.1) is 0 Å². The molecule has 1 saturated carbocycles. The lowest BCUT2D eigenvalue weighted by Gasteiger charge is -2.38. The molecule has 1 heterocycles. The van der Waals surface area contributed by atoms with Crippen LogP contribution in [0.25, 0.3) is 0 Å². The van der Waals surface area contributed by atoms with Crippen LogP contribution in [-0.4, -0.2) is 45.3 Å². The summed E-state index contributed by atoms with van der Waals surface area (Å²) in [6.07, 6.45) is 7.48. The maximum absolute atomic E-state index is 13.5. The van der Waals surface area contributed by atoms with Crippen LogP contribution in [0.2, 0.25) is 0 Å². The predicted octanol–water partition coefficient (Wildman–Crippen LogP) is 5.19. The van der Waals surface area contributed by atoms with E-state index >= 15 is 0 Å². The Balaban J connectivity index is 1.62. The molecule has 1 amide bonds. The van der Waals surface area contributed by atoms with Crippen molar-refractivity contribution in [3.63, 3.8) is 0 Å². The van der Waals surface area contributed by atoms with Gasteiger partial charge in [-0.1, -0.05) is 31.4 Å². The van der Waals surface area contributed by atoms with Crippen LogP contribution < -0.4 is 18.9 Å². The second-order valence-corrected chi connectivity index (χ2v) is 8.93. The number of hydrogen-bond donors (Lipinski definition) is 0. The number of hydrogen-bond acceptors (Lipinski definition) is 5. The van der Waals surface area contributed by atoms with Crippen molar-refractivity contribution in [2.24, 2.45) is 5.92 Å². The number of amides is 1. The molecule has 6 nitrogen and oxygen atoms in total. The molecule has 0 radical (unpaired) electrons. The number of fused-ring (bicyclic) bond motifs is 1. The number of ether oxygens (including phenoxy) is 4. The minimum Gasteiger partial charge on any atom is -0.493 e. The summed E-state index contributed by atoms with van der Waals surface area (Å²) in [4.78, 5) is 15.5. The largest absolute Gasteiger partial charge is 0.493 e. The van der Waals surface area contributed by atoms with Crippen molar-refractivity contribution in [1.29, 1.82) is 0 Å². The first kappa shape index (κ1) is 23.3. The first-order valence-corrected chi connectivity index (χ1v) is 11.9. The van der Waals surface area contributed by atoms with E-state index in [0.717, 1.165) is 24.8 Å². The van der Waals surface area contributed by atoms with Crippen LogP contribution in [0.15, 0.2) is 36.4 Å². The van der Waals surface area contributed by atoms with Crippen LogP contribution in [0, 0.1) is 5.92 Å². The minimum absolute atomic E-state index is 0.199. The first-order valence-electron chi connectivity index (χ1n) is 11.9. The summed E-state index contributed by atoms with van der Waals surface area (Å²) in [6.45, 7) is 1.02. The van der Waals surface area contributed by atoms with Crippen molar-refractivity contribution >= 4 is 5.91 Å². The molecule has 2 aliphatic rings. The Hall–Kier alpha value is -2.89. The van der Waals surface area contributed by atoms with Crippen molar-refractivity contribution in [2.75, 3.05) is 34.5 Å². The van der Waals surface area contributed by atoms with Crippen molar-refractivity contribution in [3.8, 4) is 23.0 Å². The number of para-hydroxylation sites is 2. The van der Waals surface area contributed by atoms with Gasteiger partial charge in [0.05, 0.1) is 27.4 Å². The van der Waals surface area contributed by atoms with Gasteiger partial charge < -0.3 is 23.8 Å². The quantitative estimate of drug-likeness (QED) is 0.551. The average Bonchev–Trinajstić information content (AvgIpc) is 2.86. The Labute approximate surface area is 196 Å². The average molecular weight is 454 g/mol. The monoisotopic (exact) mass is 453 g/mol. The zero-order chi connectivity index (χ0) is 23.2. The van der Waals surface area contributed by atoms with Gasteiger partial charge in [-0.25, -0.2) is 0 Å². The predicted molar refractivity (Wildman–Crippen MR) is 127 cm³/mol. The van der Waals surface area contributed by atoms with E-state index in [1.165, 1.54) is 24.8 Å². The smallest absolute Gasteiger partial charge is 0.223 e. The Morgan fingerprint density at radius 2 is 1.58 bits per heavy atom. The molecule has 2 aromatic rings. The zero-order valence-electron chi connectivity index (χ0n) is 20.0. The second kappa shape index (κ2) is 10.8. The third-order valence-corrected chi connectivity index (χ3v) is 6.98. The topological polar surface area (TPSA) is 57.2 Å². The Kier molecular flexibility index (Phi) is 7.63. The highest BCUT2D eigenvalue weighted by Gasteiger charge is 2.34. The molecule has 0 aromatic heterocycles. The maximum Gasteiger partial charge on any atom is 0.223 e. The minimum atomic E-state index is -0.199. The second-order valence-electron chi connectivity index (χ2n) is 8.93. The lowest BCUT2D eigenvalue weighted by Crippen LogP contribution is -2.43. The van der Waals surface area contributed by atoms with Crippen molar-refractivity contribution in [3.05, 3.63) is 47.5 Å². The molecule has 33 heavy (non-hydrogen) atoms. The van der Waals surface area contributed by atoms with Gasteiger partial charge in [0.15, 0.2) is 23.0 Å². The number of methoxy groups -OCH3 is 3. The third kappa shape index (κ3) is 5.21. The fraction of sp³-hybridized carbons (Fsp3) is 0.519. The van der Waals surface area contributed by atoms with Crippen molar-refractivity contribution in [2.45, 2.75) is 51.0 Å². The van der Waals surface area contributed by atoms with E-state index in [-0.39, 0.29) is 11.9 Å². The van der Waals surface area contributed by atoms with E-state index in [4.69, 9.17) is 18.9 Å². The molecule has 0 N–H and O–H groups in total. The molecule has 0 unspecified atom stereocenters. The molecule has 1 fully saturated rings. The molecule has 0 spiro atoms. The Bertz CT molecular complexity index is 954. The molecule has 178 valence electrons. The zero-order valence-corrected chi connectivity index (χ0v) is 20.0. The molecular formula is C27H35NO5. The van der Waals surface area contributed by atoms with Gasteiger partial charge in [0.2, 0.25) is 5.91 Å². The number of carbonyl (C=O) groups excluding carboxylic acids is 1. The van der Waals surface area contributed by atoms with Crippen LogP contribution >= 0.6 is 0 Å². The lowest BCUT2D eigenvalue weighted by atomic mass is 9.85. The number of benzene rings is 2. The van der Waals surface area contributed by atoms with Crippen LogP contribution in [-0.2, 0) is 11.2 Å². The fourth-order valence-electron chi connectivity index (χ4n) is 5.17. The highest BCUT2D eigenvalue weighted by molar-refractivity contribution is 5.77. The van der Waals surface area contributed by atoms with E-state index in [2.05, 4.69) is 0 Å². The van der Waals surface area contributed by atoms with Gasteiger partial charge in [-0.05, 0) is 60.6 Å². The lowest BCUT2D eigenvalue weighted by molar-refractivity contribution is -0.136. The normalized spacial score (nSPS) is 18.4. The fourth-order valence-corrected chi connectivity index (χ4v) is 5.17. The van der Waals surface area contributed by atoms with Gasteiger partial charge in [0.25, 0.3) is 0 Å². The Morgan fingerprint density at radius 3 is 2.27 bits per heavy atom. The molecule has 4 rings (SSSR count). The SMILES string of the molecule is COc1cc2c(cc1OC)[C@H](COc1ccccc1OC)N(C(=O)CC1CCCCC1)CC2. The number of nitrogens with zero attached hydrogens (tertiary/aromatic N) is 1. The van der Waals surface area contributed by atoms with Crippen molar-refractivity contribution < 1.29 is 23.7 Å². The van der Waals surface area contributed by atoms with Crippen LogP contribution in [0.4, 0.5) is 0 Å². The van der Waals surface area contributed by atoms with E-state index in [1.54, 1.807) is 21.3 Å². The summed E-state index contributed by atoms with van der Waals surface area (Å²) in [5.74, 6) is 3.45. The summed E-state index contributed by atoms with van der Waals surface area (Å²) >= 11 is 0. The molecule has 1 aliphatic heterocycles. The summed E-state index contributed by atoms with van der Waals surface area (Å²) in [7, 11) is 4.92. The molecule has 2 aromatic carbocycles. The maximum atomic E-state index is 13.5. The highest BCUT2D eigenvalue weighted by Crippen LogP contribution is 2.40. The summed E-state index contributed by atoms with van der Waals surface area (Å²) in [5, 5.41) is 0.